The molecule has 1 amide bonds. The molecule has 1 atom stereocenters. The maximum absolute atomic E-state index is 13.4. The molecule has 4 nitrogen and oxygen atoms in total. The van der Waals surface area contributed by atoms with Crippen molar-refractivity contribution in [2.45, 2.75) is 48.8 Å². The lowest BCUT2D eigenvalue weighted by Gasteiger charge is -2.32. The third-order valence-electron chi connectivity index (χ3n) is 3.75. The monoisotopic (exact) mass is 421 g/mol. The standard InChI is InChI=1S/C20H24NO3PS2/c1-14(2)24-25(23,27-15(3)4)13-20(22)21-16-9-5-7-11-18(16)26-19-12-8-6-10-17(19)21/h5-12,14-15H,13H2,1-4H3. The molecule has 2 aromatic carbocycles. The fraction of sp³-hybridized carbons (Fsp3) is 0.350. The predicted octanol–water partition coefficient (Wildman–Crippen LogP) is 6.58. The molecule has 7 heteroatoms. The van der Waals surface area contributed by atoms with Gasteiger partial charge in [0.2, 0.25) is 5.91 Å². The topological polar surface area (TPSA) is 46.6 Å². The van der Waals surface area contributed by atoms with E-state index in [0.717, 1.165) is 21.2 Å². The van der Waals surface area contributed by atoms with Crippen molar-refractivity contribution in [1.29, 1.82) is 0 Å². The van der Waals surface area contributed by atoms with Gasteiger partial charge in [-0.05, 0) is 38.1 Å². The van der Waals surface area contributed by atoms with E-state index in [0.29, 0.717) is 0 Å². The summed E-state index contributed by atoms with van der Waals surface area (Å²) in [7, 11) is 0. The number of nitrogens with zero attached hydrogens (tertiary/aromatic N) is 1. The second-order valence-electron chi connectivity index (χ2n) is 6.84. The van der Waals surface area contributed by atoms with Crippen LogP contribution < -0.4 is 4.90 Å². The van der Waals surface area contributed by atoms with Crippen LogP contribution in [0.5, 0.6) is 0 Å². The third-order valence-corrected chi connectivity index (χ3v) is 9.90. The van der Waals surface area contributed by atoms with Crippen molar-refractivity contribution in [1.82, 2.24) is 0 Å². The molecule has 3 rings (SSSR count). The minimum atomic E-state index is -3.16. The molecule has 0 aliphatic carbocycles. The van der Waals surface area contributed by atoms with E-state index in [1.807, 2.05) is 76.2 Å². The van der Waals surface area contributed by atoms with Crippen LogP contribution in [0.1, 0.15) is 27.7 Å². The van der Waals surface area contributed by atoms with Gasteiger partial charge in [-0.25, -0.2) is 0 Å². The number of anilines is 2. The van der Waals surface area contributed by atoms with Gasteiger partial charge in [-0.3, -0.25) is 14.3 Å². The number of rotatable bonds is 6. The van der Waals surface area contributed by atoms with E-state index < -0.39 is 6.57 Å². The van der Waals surface area contributed by atoms with Crippen molar-refractivity contribution in [2.24, 2.45) is 0 Å². The summed E-state index contributed by atoms with van der Waals surface area (Å²) in [5.41, 5.74) is 1.66. The maximum atomic E-state index is 13.4. The molecule has 0 aromatic heterocycles. The SMILES string of the molecule is CC(C)OP(=O)(CC(=O)N1c2ccccc2Sc2ccccc21)SC(C)C. The molecule has 1 aliphatic heterocycles. The van der Waals surface area contributed by atoms with E-state index in [2.05, 4.69) is 0 Å². The van der Waals surface area contributed by atoms with Crippen molar-refractivity contribution in [3.05, 3.63) is 48.5 Å². The van der Waals surface area contributed by atoms with E-state index in [1.165, 1.54) is 11.4 Å². The first-order chi connectivity index (χ1) is 12.8. The van der Waals surface area contributed by atoms with Gasteiger partial charge < -0.3 is 4.52 Å². The number of amides is 1. The molecule has 0 saturated carbocycles. The largest absolute Gasteiger partial charge is 0.318 e. The average Bonchev–Trinajstić information content (AvgIpc) is 2.57. The van der Waals surface area contributed by atoms with E-state index >= 15 is 0 Å². The highest BCUT2D eigenvalue weighted by Crippen LogP contribution is 2.62. The van der Waals surface area contributed by atoms with Gasteiger partial charge in [0.1, 0.15) is 6.16 Å². The van der Waals surface area contributed by atoms with Gasteiger partial charge >= 0.3 is 0 Å². The first kappa shape index (κ1) is 20.5. The Morgan fingerprint density at radius 3 is 2.04 bits per heavy atom. The number of benzene rings is 2. The van der Waals surface area contributed by atoms with Crippen LogP contribution in [0.25, 0.3) is 0 Å². The Morgan fingerprint density at radius 1 is 1.04 bits per heavy atom. The van der Waals surface area contributed by atoms with Crippen LogP contribution in [0.15, 0.2) is 58.3 Å². The molecule has 0 radical (unpaired) electrons. The lowest BCUT2D eigenvalue weighted by molar-refractivity contribution is -0.115. The van der Waals surface area contributed by atoms with E-state index in [9.17, 15) is 9.36 Å². The van der Waals surface area contributed by atoms with Crippen molar-refractivity contribution < 1.29 is 13.9 Å². The second-order valence-corrected chi connectivity index (χ2v) is 13.1. The smallest absolute Gasteiger partial charge is 0.267 e. The summed E-state index contributed by atoms with van der Waals surface area (Å²) in [5.74, 6) is -0.202. The number of carbonyl (C=O) groups is 1. The molecular formula is C20H24NO3PS2. The maximum Gasteiger partial charge on any atom is 0.267 e. The zero-order valence-electron chi connectivity index (χ0n) is 15.9. The van der Waals surface area contributed by atoms with Gasteiger partial charge in [-0.2, -0.15) is 0 Å². The van der Waals surface area contributed by atoms with Crippen molar-refractivity contribution >= 4 is 47.0 Å². The van der Waals surface area contributed by atoms with E-state index in [1.54, 1.807) is 16.7 Å². The molecule has 0 bridgehead atoms. The van der Waals surface area contributed by atoms with Crippen LogP contribution in [-0.4, -0.2) is 23.4 Å². The number of fused-ring (bicyclic) bond motifs is 2. The highest BCUT2D eigenvalue weighted by atomic mass is 32.7. The van der Waals surface area contributed by atoms with Crippen LogP contribution in [0.3, 0.4) is 0 Å². The lowest BCUT2D eigenvalue weighted by Crippen LogP contribution is -2.31. The summed E-state index contributed by atoms with van der Waals surface area (Å²) < 4.78 is 19.2. The Bertz CT molecular complexity index is 826. The van der Waals surface area contributed by atoms with Gasteiger partial charge in [0.25, 0.3) is 6.57 Å². The van der Waals surface area contributed by atoms with Crippen molar-refractivity contribution in [3.8, 4) is 0 Å². The lowest BCUT2D eigenvalue weighted by atomic mass is 10.2. The van der Waals surface area contributed by atoms with Crippen LogP contribution in [0, 0.1) is 0 Å². The highest BCUT2D eigenvalue weighted by Gasteiger charge is 2.35. The van der Waals surface area contributed by atoms with Gasteiger partial charge in [-0.15, -0.1) is 0 Å². The fourth-order valence-electron chi connectivity index (χ4n) is 2.95. The highest BCUT2D eigenvalue weighted by molar-refractivity contribution is 8.57. The Hall–Kier alpha value is -1.20. The van der Waals surface area contributed by atoms with Gasteiger partial charge in [0.15, 0.2) is 0 Å². The first-order valence-electron chi connectivity index (χ1n) is 8.94. The quantitative estimate of drug-likeness (QED) is 0.493. The number of hydrogen-bond acceptors (Lipinski definition) is 5. The first-order valence-corrected chi connectivity index (χ1v) is 13.0. The summed E-state index contributed by atoms with van der Waals surface area (Å²) in [6, 6.07) is 15.6. The second kappa shape index (κ2) is 8.44. The molecule has 1 aliphatic rings. The Kier molecular flexibility index (Phi) is 6.42. The average molecular weight is 422 g/mol. The van der Waals surface area contributed by atoms with E-state index in [-0.39, 0.29) is 23.4 Å². The Morgan fingerprint density at radius 2 is 1.56 bits per heavy atom. The van der Waals surface area contributed by atoms with Gasteiger partial charge in [-0.1, -0.05) is 61.3 Å². The molecular weight excluding hydrogens is 397 g/mol. The Labute approximate surface area is 169 Å². The van der Waals surface area contributed by atoms with Gasteiger partial charge in [0, 0.05) is 15.0 Å². The molecule has 0 saturated heterocycles. The summed E-state index contributed by atoms with van der Waals surface area (Å²) in [6.07, 6.45) is -0.326. The predicted molar refractivity (Wildman–Crippen MR) is 116 cm³/mol. The van der Waals surface area contributed by atoms with Crippen LogP contribution in [0.2, 0.25) is 0 Å². The van der Waals surface area contributed by atoms with Crippen molar-refractivity contribution in [3.63, 3.8) is 0 Å². The molecule has 1 heterocycles. The minimum absolute atomic E-state index is 0.110. The third kappa shape index (κ3) is 4.80. The van der Waals surface area contributed by atoms with Crippen LogP contribution >= 0.6 is 29.7 Å². The molecule has 0 spiro atoms. The summed E-state index contributed by atoms with van der Waals surface area (Å²) in [5, 5.41) is 0.110. The van der Waals surface area contributed by atoms with E-state index in [4.69, 9.17) is 4.52 Å². The Balaban J connectivity index is 1.97. The minimum Gasteiger partial charge on any atom is -0.318 e. The molecule has 2 aromatic rings. The van der Waals surface area contributed by atoms with Crippen LogP contribution in [-0.2, 0) is 13.9 Å². The van der Waals surface area contributed by atoms with Crippen LogP contribution in [0.4, 0.5) is 11.4 Å². The number of carbonyl (C=O) groups excluding carboxylic acids is 1. The summed E-state index contributed by atoms with van der Waals surface area (Å²) in [4.78, 5) is 17.1. The molecule has 0 N–H and O–H groups in total. The molecule has 0 fully saturated rings. The fourth-order valence-corrected chi connectivity index (χ4v) is 9.11. The zero-order valence-corrected chi connectivity index (χ0v) is 18.4. The molecule has 27 heavy (non-hydrogen) atoms. The van der Waals surface area contributed by atoms with Gasteiger partial charge in [0.05, 0.1) is 17.5 Å². The normalized spacial score (nSPS) is 15.4. The van der Waals surface area contributed by atoms with Crippen molar-refractivity contribution in [2.75, 3.05) is 11.1 Å². The zero-order chi connectivity index (χ0) is 19.6. The summed E-state index contributed by atoms with van der Waals surface area (Å²) in [6.45, 7) is 4.47. The number of hydrogen-bond donors (Lipinski definition) is 0. The summed E-state index contributed by atoms with van der Waals surface area (Å²) >= 11 is 2.91. The number of para-hydroxylation sites is 2. The molecule has 144 valence electrons. The molecule has 1 unspecified atom stereocenters.